The Balaban J connectivity index is 1.20. The summed E-state index contributed by atoms with van der Waals surface area (Å²) in [5, 5.41) is 6.12. The van der Waals surface area contributed by atoms with Crippen LogP contribution in [0.3, 0.4) is 0 Å². The molecule has 10 aromatic rings. The van der Waals surface area contributed by atoms with Gasteiger partial charge in [0.25, 0.3) is 0 Å². The van der Waals surface area contributed by atoms with E-state index >= 15 is 0 Å². The molecule has 250 valence electrons. The second-order valence-corrected chi connectivity index (χ2v) is 13.2. The number of rotatable bonds is 6. The summed E-state index contributed by atoms with van der Waals surface area (Å²) in [5.74, 6) is 1.91. The molecule has 6 aromatic carbocycles. The fraction of sp³-hybridized carbons (Fsp3) is 0.0208. The van der Waals surface area contributed by atoms with Gasteiger partial charge >= 0.3 is 0 Å². The first kappa shape index (κ1) is 30.7. The van der Waals surface area contributed by atoms with Crippen LogP contribution < -0.4 is 0 Å². The lowest BCUT2D eigenvalue weighted by molar-refractivity contribution is 1.07. The van der Waals surface area contributed by atoms with E-state index in [1.807, 2.05) is 66.7 Å². The third-order valence-electron chi connectivity index (χ3n) is 10.2. The van der Waals surface area contributed by atoms with E-state index < -0.39 is 0 Å². The predicted octanol–water partition coefficient (Wildman–Crippen LogP) is 12.2. The molecule has 10 rings (SSSR count). The SMILES string of the molecule is C=Cc1c(/C=C\C)c2c3c4ccccc4c4cc5ccccc5n4c3ccc2n1-c1ccc(-c2nc(-c3ccccc3)nc(-c3ccccc3)n2)cc1. The number of hydrogen-bond donors (Lipinski definition) is 0. The molecule has 5 nitrogen and oxygen atoms in total. The van der Waals surface area contributed by atoms with Crippen molar-refractivity contribution < 1.29 is 0 Å². The zero-order chi connectivity index (χ0) is 35.5. The molecule has 0 saturated carbocycles. The number of nitrogens with zero attached hydrogens (tertiary/aromatic N) is 5. The molecule has 0 amide bonds. The van der Waals surface area contributed by atoms with Crippen molar-refractivity contribution in [2.45, 2.75) is 6.92 Å². The monoisotopic (exact) mass is 679 g/mol. The molecule has 0 aliphatic rings. The van der Waals surface area contributed by atoms with Gasteiger partial charge in [-0.3, -0.25) is 0 Å². The Labute approximate surface area is 306 Å². The van der Waals surface area contributed by atoms with Crippen LogP contribution in [-0.4, -0.2) is 23.9 Å². The van der Waals surface area contributed by atoms with E-state index in [0.717, 1.165) is 39.2 Å². The number of para-hydroxylation sites is 1. The van der Waals surface area contributed by atoms with Crippen molar-refractivity contribution in [2.75, 3.05) is 0 Å². The average molecular weight is 680 g/mol. The first-order chi connectivity index (χ1) is 26.2. The minimum absolute atomic E-state index is 0.626. The summed E-state index contributed by atoms with van der Waals surface area (Å²) in [6.45, 7) is 6.41. The highest BCUT2D eigenvalue weighted by molar-refractivity contribution is 6.25. The molecule has 0 bridgehead atoms. The fourth-order valence-electron chi connectivity index (χ4n) is 7.93. The quantitative estimate of drug-likeness (QED) is 0.164. The van der Waals surface area contributed by atoms with Gasteiger partial charge in [-0.15, -0.1) is 0 Å². The zero-order valence-corrected chi connectivity index (χ0v) is 29.1. The highest BCUT2D eigenvalue weighted by Crippen LogP contribution is 2.42. The number of hydrogen-bond acceptors (Lipinski definition) is 3. The van der Waals surface area contributed by atoms with Gasteiger partial charge in [0.05, 0.1) is 27.8 Å². The van der Waals surface area contributed by atoms with Crippen LogP contribution in [0.1, 0.15) is 18.2 Å². The largest absolute Gasteiger partial charge is 0.309 e. The maximum Gasteiger partial charge on any atom is 0.164 e. The molecule has 0 spiro atoms. The average Bonchev–Trinajstić information content (AvgIpc) is 3.78. The summed E-state index contributed by atoms with van der Waals surface area (Å²) in [7, 11) is 0. The zero-order valence-electron chi connectivity index (χ0n) is 29.1. The molecule has 0 aliphatic carbocycles. The van der Waals surface area contributed by atoms with Crippen LogP contribution in [0, 0.1) is 0 Å². The van der Waals surface area contributed by atoms with Crippen LogP contribution in [0.4, 0.5) is 0 Å². The smallest absolute Gasteiger partial charge is 0.164 e. The van der Waals surface area contributed by atoms with E-state index in [2.05, 4.69) is 126 Å². The molecular formula is C48H33N5. The van der Waals surface area contributed by atoms with E-state index in [4.69, 9.17) is 15.0 Å². The Morgan fingerprint density at radius 2 is 1.08 bits per heavy atom. The lowest BCUT2D eigenvalue weighted by Gasteiger charge is -2.13. The molecule has 0 aliphatic heterocycles. The van der Waals surface area contributed by atoms with Crippen molar-refractivity contribution in [2.24, 2.45) is 0 Å². The fourth-order valence-corrected chi connectivity index (χ4v) is 7.93. The number of allylic oxidation sites excluding steroid dienone is 1. The number of fused-ring (bicyclic) bond motifs is 10. The van der Waals surface area contributed by atoms with Crippen molar-refractivity contribution in [1.29, 1.82) is 0 Å². The van der Waals surface area contributed by atoms with E-state index in [-0.39, 0.29) is 0 Å². The standard InChI is InChI=1S/C48H33N5/c1-3-15-38-39(4-2)52(41-28-29-42-44(45(38)41)37-22-13-12-21-36(37)43-30-34-20-11-14-23-40(34)53(42)43)35-26-24-33(25-27-35)48-50-46(31-16-7-5-8-17-31)49-47(51-48)32-18-9-6-10-19-32/h3-30H,2H2,1H3/b15-3-. The van der Waals surface area contributed by atoms with Gasteiger partial charge in [0.15, 0.2) is 17.5 Å². The maximum absolute atomic E-state index is 4.96. The van der Waals surface area contributed by atoms with Crippen molar-refractivity contribution in [1.82, 2.24) is 23.9 Å². The molecule has 4 aromatic heterocycles. The van der Waals surface area contributed by atoms with Crippen LogP contribution in [0.15, 0.2) is 164 Å². The summed E-state index contributed by atoms with van der Waals surface area (Å²) in [6.07, 6.45) is 6.32. The molecule has 0 saturated heterocycles. The summed E-state index contributed by atoms with van der Waals surface area (Å²) in [6, 6.07) is 53.0. The Morgan fingerprint density at radius 1 is 0.509 bits per heavy atom. The predicted molar refractivity (Wildman–Crippen MR) is 221 cm³/mol. The highest BCUT2D eigenvalue weighted by atomic mass is 15.0. The molecular weight excluding hydrogens is 647 g/mol. The molecule has 0 N–H and O–H groups in total. The number of aromatic nitrogens is 5. The van der Waals surface area contributed by atoms with E-state index in [0.29, 0.717) is 17.5 Å². The summed E-state index contributed by atoms with van der Waals surface area (Å²) >= 11 is 0. The van der Waals surface area contributed by atoms with Crippen LogP contribution in [0.5, 0.6) is 0 Å². The minimum atomic E-state index is 0.626. The Hall–Kier alpha value is -7.11. The van der Waals surface area contributed by atoms with E-state index in [1.54, 1.807) is 0 Å². The van der Waals surface area contributed by atoms with Crippen LogP contribution in [-0.2, 0) is 0 Å². The lowest BCUT2D eigenvalue weighted by Crippen LogP contribution is -2.01. The summed E-state index contributed by atoms with van der Waals surface area (Å²) < 4.78 is 4.75. The van der Waals surface area contributed by atoms with Gasteiger partial charge < -0.3 is 8.97 Å². The third kappa shape index (κ3) is 4.82. The first-order valence-corrected chi connectivity index (χ1v) is 17.9. The van der Waals surface area contributed by atoms with Crippen LogP contribution in [0.2, 0.25) is 0 Å². The second-order valence-electron chi connectivity index (χ2n) is 13.2. The summed E-state index contributed by atoms with van der Waals surface area (Å²) in [4.78, 5) is 14.8. The molecule has 4 heterocycles. The number of pyridine rings is 1. The van der Waals surface area contributed by atoms with Crippen molar-refractivity contribution in [3.05, 3.63) is 176 Å². The van der Waals surface area contributed by atoms with E-state index in [1.165, 1.54) is 43.5 Å². The van der Waals surface area contributed by atoms with Gasteiger partial charge in [0.2, 0.25) is 0 Å². The van der Waals surface area contributed by atoms with Crippen molar-refractivity contribution in [3.63, 3.8) is 0 Å². The van der Waals surface area contributed by atoms with Crippen LogP contribution in [0.25, 0.3) is 101 Å². The first-order valence-electron chi connectivity index (χ1n) is 17.9. The second kappa shape index (κ2) is 12.3. The molecule has 0 atom stereocenters. The maximum atomic E-state index is 4.96. The van der Waals surface area contributed by atoms with Gasteiger partial charge in [-0.2, -0.15) is 0 Å². The highest BCUT2D eigenvalue weighted by Gasteiger charge is 2.22. The Morgan fingerprint density at radius 3 is 1.72 bits per heavy atom. The van der Waals surface area contributed by atoms with Gasteiger partial charge in [-0.25, -0.2) is 15.0 Å². The normalized spacial score (nSPS) is 11.9. The Kier molecular flexibility index (Phi) is 7.12. The van der Waals surface area contributed by atoms with Gasteiger partial charge in [-0.1, -0.05) is 122 Å². The van der Waals surface area contributed by atoms with Gasteiger partial charge in [0.1, 0.15) is 0 Å². The molecule has 5 heteroatoms. The van der Waals surface area contributed by atoms with Gasteiger partial charge in [0, 0.05) is 49.5 Å². The topological polar surface area (TPSA) is 48.0 Å². The third-order valence-corrected chi connectivity index (χ3v) is 10.2. The van der Waals surface area contributed by atoms with Crippen molar-refractivity contribution in [3.8, 4) is 39.9 Å². The molecule has 0 radical (unpaired) electrons. The molecule has 0 unspecified atom stereocenters. The Bertz CT molecular complexity index is 3000. The lowest BCUT2D eigenvalue weighted by atomic mass is 9.99. The van der Waals surface area contributed by atoms with Gasteiger partial charge in [-0.05, 0) is 66.9 Å². The number of benzene rings is 6. The van der Waals surface area contributed by atoms with Crippen LogP contribution >= 0.6 is 0 Å². The molecule has 53 heavy (non-hydrogen) atoms. The molecule has 0 fully saturated rings. The summed E-state index contributed by atoms with van der Waals surface area (Å²) in [5.41, 5.74) is 10.7. The minimum Gasteiger partial charge on any atom is -0.309 e. The van der Waals surface area contributed by atoms with Crippen molar-refractivity contribution >= 4 is 61.1 Å². The van der Waals surface area contributed by atoms with E-state index in [9.17, 15) is 0 Å².